The highest BCUT2D eigenvalue weighted by Gasteiger charge is 2.17. The van der Waals surface area contributed by atoms with Crippen LogP contribution in [0.4, 0.5) is 0 Å². The van der Waals surface area contributed by atoms with Crippen LogP contribution in [-0.2, 0) is 4.74 Å². The predicted molar refractivity (Wildman–Crippen MR) is 75.1 cm³/mol. The number of aromatic amines is 1. The molecule has 0 saturated heterocycles. The maximum Gasteiger partial charge on any atom is 0.360 e. The largest absolute Gasteiger partial charge is 0.461 e. The minimum absolute atomic E-state index is 0.0135. The van der Waals surface area contributed by atoms with Crippen LogP contribution in [0.5, 0.6) is 0 Å². The van der Waals surface area contributed by atoms with Crippen molar-refractivity contribution in [3.05, 3.63) is 22.5 Å². The lowest BCUT2D eigenvalue weighted by molar-refractivity contribution is 0.0493. The van der Waals surface area contributed by atoms with Gasteiger partial charge in [0.2, 0.25) is 0 Å². The third-order valence-electron chi connectivity index (χ3n) is 3.18. The van der Waals surface area contributed by atoms with Crippen LogP contribution < -0.4 is 5.69 Å². The molecule has 0 radical (unpaired) electrons. The monoisotopic (exact) mass is 293 g/mol. The number of H-pyrrole nitrogens is 1. The third kappa shape index (κ3) is 3.87. The Bertz CT molecular complexity index is 649. The van der Waals surface area contributed by atoms with Gasteiger partial charge in [-0.25, -0.2) is 24.1 Å². The molecule has 0 bridgehead atoms. The van der Waals surface area contributed by atoms with E-state index in [1.807, 2.05) is 0 Å². The van der Waals surface area contributed by atoms with Gasteiger partial charge in [-0.3, -0.25) is 0 Å². The number of hydrogen-bond donors (Lipinski definition) is 1. The molecule has 1 N–H and O–H groups in total. The van der Waals surface area contributed by atoms with Gasteiger partial charge in [0.1, 0.15) is 6.33 Å². The number of nitrogens with one attached hydrogen (secondary N) is 1. The second kappa shape index (κ2) is 7.51. The summed E-state index contributed by atoms with van der Waals surface area (Å²) in [4.78, 5) is 27.2. The first kappa shape index (κ1) is 15.1. The average molecular weight is 293 g/mol. The smallest absolute Gasteiger partial charge is 0.360 e. The normalized spacial score (nSPS) is 10.9. The van der Waals surface area contributed by atoms with Crippen LogP contribution >= 0.6 is 0 Å². The Hall–Kier alpha value is -2.25. The van der Waals surface area contributed by atoms with Crippen molar-refractivity contribution in [2.75, 3.05) is 6.61 Å². The zero-order valence-corrected chi connectivity index (χ0v) is 12.0. The molecule has 0 atom stereocenters. The predicted octanol–water partition coefficient (Wildman–Crippen LogP) is 1.33. The van der Waals surface area contributed by atoms with E-state index in [4.69, 9.17) is 4.74 Å². The van der Waals surface area contributed by atoms with Gasteiger partial charge < -0.3 is 4.74 Å². The van der Waals surface area contributed by atoms with Crippen molar-refractivity contribution >= 4 is 11.6 Å². The lowest BCUT2D eigenvalue weighted by Crippen LogP contribution is -2.19. The molecule has 0 amide bonds. The summed E-state index contributed by atoms with van der Waals surface area (Å²) in [5, 5.41) is 9.26. The van der Waals surface area contributed by atoms with Crippen LogP contribution in [0.2, 0.25) is 0 Å². The molecule has 8 heteroatoms. The van der Waals surface area contributed by atoms with Gasteiger partial charge in [0.25, 0.3) is 0 Å². The summed E-state index contributed by atoms with van der Waals surface area (Å²) < 4.78 is 6.27. The summed E-state index contributed by atoms with van der Waals surface area (Å²) in [5.41, 5.74) is -0.381. The van der Waals surface area contributed by atoms with E-state index in [-0.39, 0.29) is 11.3 Å². The molecule has 0 saturated carbocycles. The van der Waals surface area contributed by atoms with Crippen molar-refractivity contribution in [2.45, 2.75) is 45.4 Å². The molecule has 2 heterocycles. The van der Waals surface area contributed by atoms with Crippen LogP contribution in [-0.4, -0.2) is 37.4 Å². The molecule has 2 aromatic heterocycles. The molecule has 8 nitrogen and oxygen atoms in total. The first-order chi connectivity index (χ1) is 10.2. The molecule has 0 fully saturated rings. The topological polar surface area (TPSA) is 102 Å². The van der Waals surface area contributed by atoms with E-state index in [1.165, 1.54) is 25.6 Å². The fourth-order valence-corrected chi connectivity index (χ4v) is 2.01. The van der Waals surface area contributed by atoms with Crippen LogP contribution in [0, 0.1) is 0 Å². The van der Waals surface area contributed by atoms with Crippen molar-refractivity contribution < 1.29 is 9.53 Å². The van der Waals surface area contributed by atoms with Crippen molar-refractivity contribution in [1.29, 1.82) is 0 Å². The minimum atomic E-state index is -0.578. The Kier molecular flexibility index (Phi) is 5.42. The van der Waals surface area contributed by atoms with Gasteiger partial charge in [0.15, 0.2) is 11.3 Å². The van der Waals surface area contributed by atoms with Gasteiger partial charge in [-0.05, 0) is 6.42 Å². The van der Waals surface area contributed by atoms with Gasteiger partial charge in [0, 0.05) is 0 Å². The number of esters is 1. The summed E-state index contributed by atoms with van der Waals surface area (Å²) in [6, 6.07) is 0. The van der Waals surface area contributed by atoms with Crippen molar-refractivity contribution in [1.82, 2.24) is 24.8 Å². The van der Waals surface area contributed by atoms with E-state index in [2.05, 4.69) is 27.3 Å². The maximum atomic E-state index is 11.9. The lowest BCUT2D eigenvalue weighted by Gasteiger charge is -2.03. The molecule has 0 aliphatic heterocycles. The van der Waals surface area contributed by atoms with Crippen molar-refractivity contribution in [3.8, 4) is 0 Å². The molecule has 2 aromatic rings. The molecule has 0 aliphatic rings. The highest BCUT2D eigenvalue weighted by atomic mass is 16.5. The quantitative estimate of drug-likeness (QED) is 0.582. The van der Waals surface area contributed by atoms with E-state index < -0.39 is 11.7 Å². The number of aromatic nitrogens is 5. The number of nitrogens with zero attached hydrogens (tertiary/aromatic N) is 4. The van der Waals surface area contributed by atoms with E-state index in [1.54, 1.807) is 0 Å². The molecular formula is C13H19N5O3. The zero-order chi connectivity index (χ0) is 15.1. The highest BCUT2D eigenvalue weighted by molar-refractivity contribution is 5.93. The second-order valence-electron chi connectivity index (χ2n) is 4.81. The first-order valence-electron chi connectivity index (χ1n) is 7.19. The molecule has 2 rings (SSSR count). The average Bonchev–Trinajstić information content (AvgIpc) is 2.91. The van der Waals surface area contributed by atoms with Crippen LogP contribution in [0.1, 0.15) is 55.9 Å². The number of fused-ring (bicyclic) bond motifs is 1. The SMILES string of the molecule is CCCCCCCCOC(=O)c1ncn2c(=O)[nH]nnc12. The number of hydrogen-bond acceptors (Lipinski definition) is 6. The molecule has 0 spiro atoms. The zero-order valence-electron chi connectivity index (χ0n) is 12.0. The number of rotatable bonds is 8. The Morgan fingerprint density at radius 1 is 1.29 bits per heavy atom. The maximum absolute atomic E-state index is 11.9. The third-order valence-corrected chi connectivity index (χ3v) is 3.18. The van der Waals surface area contributed by atoms with Gasteiger partial charge in [0.05, 0.1) is 6.61 Å². The van der Waals surface area contributed by atoms with Crippen molar-refractivity contribution in [3.63, 3.8) is 0 Å². The number of carbonyl (C=O) groups is 1. The molecule has 21 heavy (non-hydrogen) atoms. The molecule has 0 aliphatic carbocycles. The van der Waals surface area contributed by atoms with Gasteiger partial charge in [-0.1, -0.05) is 44.2 Å². The number of imidazole rings is 1. The lowest BCUT2D eigenvalue weighted by atomic mass is 10.1. The molecular weight excluding hydrogens is 274 g/mol. The number of carbonyl (C=O) groups excluding carboxylic acids is 1. The summed E-state index contributed by atoms with van der Waals surface area (Å²) >= 11 is 0. The summed E-state index contributed by atoms with van der Waals surface area (Å²) in [5.74, 6) is -0.578. The van der Waals surface area contributed by atoms with Gasteiger partial charge >= 0.3 is 11.7 Å². The first-order valence-corrected chi connectivity index (χ1v) is 7.19. The Balaban J connectivity index is 1.83. The van der Waals surface area contributed by atoms with E-state index in [0.717, 1.165) is 23.7 Å². The molecule has 0 unspecified atom stereocenters. The van der Waals surface area contributed by atoms with Crippen LogP contribution in [0.25, 0.3) is 5.65 Å². The Morgan fingerprint density at radius 2 is 2.05 bits per heavy atom. The van der Waals surface area contributed by atoms with Crippen molar-refractivity contribution in [2.24, 2.45) is 0 Å². The summed E-state index contributed by atoms with van der Waals surface area (Å²) in [6.45, 7) is 2.52. The Morgan fingerprint density at radius 3 is 2.86 bits per heavy atom. The van der Waals surface area contributed by atoms with Gasteiger partial charge in [-0.15, -0.1) is 5.10 Å². The van der Waals surface area contributed by atoms with Gasteiger partial charge in [-0.2, -0.15) is 0 Å². The second-order valence-corrected chi connectivity index (χ2v) is 4.81. The molecule has 0 aromatic carbocycles. The van der Waals surface area contributed by atoms with E-state index in [9.17, 15) is 9.59 Å². The molecule has 114 valence electrons. The fraction of sp³-hybridized carbons (Fsp3) is 0.615. The van der Waals surface area contributed by atoms with E-state index in [0.29, 0.717) is 6.61 Å². The van der Waals surface area contributed by atoms with E-state index >= 15 is 0 Å². The highest BCUT2D eigenvalue weighted by Crippen LogP contribution is 2.07. The standard InChI is InChI=1S/C13H19N5O3/c1-2-3-4-5-6-7-8-21-12(19)10-11-15-17-16-13(20)18(11)9-14-10/h9H,2-8H2,1H3,(H,15,16,20). The minimum Gasteiger partial charge on any atom is -0.461 e. The summed E-state index contributed by atoms with van der Waals surface area (Å²) in [6.07, 6.45) is 7.92. The van der Waals surface area contributed by atoms with Crippen LogP contribution in [0.3, 0.4) is 0 Å². The number of ether oxygens (including phenoxy) is 1. The Labute approximate surface area is 121 Å². The fourth-order valence-electron chi connectivity index (χ4n) is 2.01. The number of unbranched alkanes of at least 4 members (excludes halogenated alkanes) is 5. The summed E-state index contributed by atoms with van der Waals surface area (Å²) in [7, 11) is 0. The van der Waals surface area contributed by atoms with Crippen LogP contribution in [0.15, 0.2) is 11.1 Å².